The Morgan fingerprint density at radius 2 is 1.90 bits per heavy atom. The van der Waals surface area contributed by atoms with Gasteiger partial charge in [-0.25, -0.2) is 0 Å². The summed E-state index contributed by atoms with van der Waals surface area (Å²) in [6, 6.07) is 0. The largest absolute Gasteiger partial charge is 0.383 e. The van der Waals surface area contributed by atoms with E-state index < -0.39 is 0 Å². The van der Waals surface area contributed by atoms with Crippen LogP contribution < -0.4 is 0 Å². The second-order valence-corrected chi connectivity index (χ2v) is 1.87. The fraction of sp³-hybridized carbons (Fsp3) is 1.00. The summed E-state index contributed by atoms with van der Waals surface area (Å²) < 4.78 is 13.6. The van der Waals surface area contributed by atoms with E-state index in [4.69, 9.17) is 10.2 Å². The van der Waals surface area contributed by atoms with Crippen LogP contribution >= 0.6 is 12.0 Å². The lowest BCUT2D eigenvalue weighted by molar-refractivity contribution is -0.133. The normalized spacial score (nSPS) is 10.2. The minimum Gasteiger partial charge on any atom is -0.383 e. The third-order valence-corrected chi connectivity index (χ3v) is 0.894. The fourth-order valence-electron chi connectivity index (χ4n) is 0.236. The Morgan fingerprint density at radius 1 is 1.10 bits per heavy atom. The van der Waals surface area contributed by atoms with Crippen LogP contribution in [0.5, 0.6) is 0 Å². The van der Waals surface area contributed by atoms with Crippen LogP contribution in [-0.4, -0.2) is 36.5 Å². The van der Waals surface area contributed by atoms with Gasteiger partial charge in [0.2, 0.25) is 0 Å². The summed E-state index contributed by atoms with van der Waals surface area (Å²) >= 11 is 0.879. The van der Waals surface area contributed by atoms with Crippen molar-refractivity contribution in [2.24, 2.45) is 0 Å². The molecular formula is C4H10O5S. The maximum absolute atomic E-state index is 8.18. The molecule has 0 heterocycles. The Kier molecular flexibility index (Phi) is 9.29. The molecule has 6 heteroatoms. The summed E-state index contributed by atoms with van der Waals surface area (Å²) in [5.74, 6) is -0.107. The fourth-order valence-corrected chi connectivity index (χ4v) is 0.446. The molecule has 0 aromatic carbocycles. The second kappa shape index (κ2) is 9.15. The third-order valence-electron chi connectivity index (χ3n) is 0.525. The number of hydrogen-bond donors (Lipinski definition) is 2. The standard InChI is InChI=1S/C4H10O5S/c5-1-7-3-8-4-9-10-2-6/h5-6H,1-4H2. The smallest absolute Gasteiger partial charge is 0.163 e. The van der Waals surface area contributed by atoms with E-state index in [9.17, 15) is 0 Å². The maximum Gasteiger partial charge on any atom is 0.163 e. The van der Waals surface area contributed by atoms with Gasteiger partial charge in [0.15, 0.2) is 13.6 Å². The molecule has 0 amide bonds. The van der Waals surface area contributed by atoms with Gasteiger partial charge >= 0.3 is 0 Å². The van der Waals surface area contributed by atoms with Gasteiger partial charge in [0.25, 0.3) is 0 Å². The van der Waals surface area contributed by atoms with E-state index in [1.807, 2.05) is 0 Å². The van der Waals surface area contributed by atoms with E-state index in [-0.39, 0.29) is 26.3 Å². The molecule has 62 valence electrons. The highest BCUT2D eigenvalue weighted by molar-refractivity contribution is 7.94. The number of rotatable bonds is 7. The molecule has 0 aromatic heterocycles. The molecule has 2 N–H and O–H groups in total. The Balaban J connectivity index is 2.65. The van der Waals surface area contributed by atoms with Crippen LogP contribution in [0, 0.1) is 0 Å². The lowest BCUT2D eigenvalue weighted by atomic mass is 11.3. The third kappa shape index (κ3) is 8.15. The molecule has 10 heavy (non-hydrogen) atoms. The topological polar surface area (TPSA) is 68.2 Å². The molecule has 5 nitrogen and oxygen atoms in total. The van der Waals surface area contributed by atoms with Gasteiger partial charge in [-0.3, -0.25) is 4.18 Å². The van der Waals surface area contributed by atoms with Gasteiger partial charge in [0.1, 0.15) is 12.7 Å². The first-order valence-corrected chi connectivity index (χ1v) is 3.44. The monoisotopic (exact) mass is 170 g/mol. The summed E-state index contributed by atoms with van der Waals surface area (Å²) in [6.07, 6.45) is 0. The molecule has 0 aliphatic heterocycles. The zero-order valence-corrected chi connectivity index (χ0v) is 6.17. The highest BCUT2D eigenvalue weighted by atomic mass is 32.2. The molecule has 0 rings (SSSR count). The Morgan fingerprint density at radius 3 is 2.50 bits per heavy atom. The van der Waals surface area contributed by atoms with Crippen molar-refractivity contribution in [2.45, 2.75) is 0 Å². The van der Waals surface area contributed by atoms with Crippen LogP contribution in [0.15, 0.2) is 0 Å². The van der Waals surface area contributed by atoms with Gasteiger partial charge in [-0.15, -0.1) is 0 Å². The summed E-state index contributed by atoms with van der Waals surface area (Å²) in [6.45, 7) is -0.346. The molecule has 0 fully saturated rings. The number of hydrogen-bond acceptors (Lipinski definition) is 6. The summed E-state index contributed by atoms with van der Waals surface area (Å²) in [5.41, 5.74) is 0. The summed E-state index contributed by atoms with van der Waals surface area (Å²) in [4.78, 5) is 0. The first-order chi connectivity index (χ1) is 4.91. The molecule has 0 saturated carbocycles. The van der Waals surface area contributed by atoms with Crippen molar-refractivity contribution in [3.05, 3.63) is 0 Å². The van der Waals surface area contributed by atoms with Crippen molar-refractivity contribution in [2.75, 3.05) is 26.3 Å². The lowest BCUT2D eigenvalue weighted by Crippen LogP contribution is -2.02. The molecule has 0 bridgehead atoms. The molecule has 0 radical (unpaired) electrons. The van der Waals surface area contributed by atoms with Gasteiger partial charge in [-0.2, -0.15) is 0 Å². The van der Waals surface area contributed by atoms with Crippen molar-refractivity contribution in [1.82, 2.24) is 0 Å². The van der Waals surface area contributed by atoms with Crippen LogP contribution in [0.4, 0.5) is 0 Å². The van der Waals surface area contributed by atoms with Crippen LogP contribution in [0.25, 0.3) is 0 Å². The molecule has 0 atom stereocenters. The van der Waals surface area contributed by atoms with Crippen molar-refractivity contribution >= 4 is 12.0 Å². The van der Waals surface area contributed by atoms with Crippen LogP contribution in [-0.2, 0) is 13.7 Å². The molecule has 0 aliphatic carbocycles. The molecule has 0 saturated heterocycles. The van der Waals surface area contributed by atoms with Crippen molar-refractivity contribution in [3.63, 3.8) is 0 Å². The summed E-state index contributed by atoms with van der Waals surface area (Å²) in [5, 5.41) is 16.3. The number of ether oxygens (including phenoxy) is 2. The molecule has 0 aromatic rings. The van der Waals surface area contributed by atoms with Gasteiger partial charge in [0.05, 0.1) is 0 Å². The molecule has 0 aliphatic rings. The van der Waals surface area contributed by atoms with E-state index in [1.165, 1.54) is 0 Å². The van der Waals surface area contributed by atoms with Crippen molar-refractivity contribution in [1.29, 1.82) is 0 Å². The van der Waals surface area contributed by atoms with Crippen molar-refractivity contribution < 1.29 is 23.9 Å². The predicted molar refractivity (Wildman–Crippen MR) is 34.8 cm³/mol. The lowest BCUT2D eigenvalue weighted by Gasteiger charge is -2.01. The van der Waals surface area contributed by atoms with E-state index in [1.54, 1.807) is 0 Å². The zero-order valence-electron chi connectivity index (χ0n) is 5.36. The van der Waals surface area contributed by atoms with E-state index in [0.29, 0.717) is 0 Å². The first-order valence-electron chi connectivity index (χ1n) is 2.53. The van der Waals surface area contributed by atoms with Crippen LogP contribution in [0.2, 0.25) is 0 Å². The Bertz CT molecular complexity index is 53.6. The SMILES string of the molecule is OCOCOCOSCO. The minimum atomic E-state index is -0.368. The van der Waals surface area contributed by atoms with E-state index in [2.05, 4.69) is 13.7 Å². The quantitative estimate of drug-likeness (QED) is 0.305. The van der Waals surface area contributed by atoms with Crippen molar-refractivity contribution in [3.8, 4) is 0 Å². The van der Waals surface area contributed by atoms with E-state index in [0.717, 1.165) is 12.0 Å². The predicted octanol–water partition coefficient (Wildman–Crippen LogP) is -0.501. The number of aliphatic hydroxyl groups is 2. The molecule has 0 unspecified atom stereocenters. The van der Waals surface area contributed by atoms with Crippen LogP contribution in [0.1, 0.15) is 0 Å². The summed E-state index contributed by atoms with van der Waals surface area (Å²) in [7, 11) is 0. The Hall–Kier alpha value is 0.150. The maximum atomic E-state index is 8.18. The second-order valence-electron chi connectivity index (χ2n) is 1.14. The van der Waals surface area contributed by atoms with Crippen LogP contribution in [0.3, 0.4) is 0 Å². The average Bonchev–Trinajstić information content (AvgIpc) is 1.97. The Labute approximate surface area is 63.1 Å². The van der Waals surface area contributed by atoms with Gasteiger partial charge < -0.3 is 19.7 Å². The van der Waals surface area contributed by atoms with E-state index >= 15 is 0 Å². The van der Waals surface area contributed by atoms with Gasteiger partial charge in [-0.1, -0.05) is 0 Å². The van der Waals surface area contributed by atoms with Gasteiger partial charge in [0, 0.05) is 12.0 Å². The highest BCUT2D eigenvalue weighted by Gasteiger charge is 1.86. The number of aliphatic hydroxyl groups excluding tert-OH is 2. The zero-order chi connectivity index (χ0) is 7.66. The minimum absolute atomic E-state index is 0.0114. The molecule has 0 spiro atoms. The molecular weight excluding hydrogens is 160 g/mol. The first kappa shape index (κ1) is 10.2. The highest BCUT2D eigenvalue weighted by Crippen LogP contribution is 1.97. The van der Waals surface area contributed by atoms with Gasteiger partial charge in [-0.05, 0) is 0 Å². The average molecular weight is 170 g/mol.